The summed E-state index contributed by atoms with van der Waals surface area (Å²) in [6, 6.07) is 0.574. The third-order valence-corrected chi connectivity index (χ3v) is 3.98. The van der Waals surface area contributed by atoms with Crippen molar-refractivity contribution in [2.24, 2.45) is 0 Å². The van der Waals surface area contributed by atoms with E-state index in [0.717, 1.165) is 18.1 Å². The Kier molecular flexibility index (Phi) is 5.43. The van der Waals surface area contributed by atoms with Crippen LogP contribution in [0.3, 0.4) is 0 Å². The molecule has 0 radical (unpaired) electrons. The third kappa shape index (κ3) is 3.82. The lowest BCUT2D eigenvalue weighted by Crippen LogP contribution is -2.22. The number of nitrogens with zero attached hydrogens (tertiary/aromatic N) is 2. The topological polar surface area (TPSA) is 49.8 Å². The molecule has 0 saturated heterocycles. The van der Waals surface area contributed by atoms with Gasteiger partial charge in [-0.1, -0.05) is 39.0 Å². The van der Waals surface area contributed by atoms with E-state index in [1.807, 2.05) is 7.05 Å². The molecule has 0 spiro atoms. The van der Waals surface area contributed by atoms with Gasteiger partial charge in [0.05, 0.1) is 0 Å². The van der Waals surface area contributed by atoms with Gasteiger partial charge in [-0.3, -0.25) is 0 Å². The Bertz CT molecular complexity index is 384. The molecule has 0 amide bonds. The van der Waals surface area contributed by atoms with Gasteiger partial charge in [-0.15, -0.1) is 0 Å². The van der Waals surface area contributed by atoms with E-state index in [1.165, 1.54) is 50.5 Å². The molecule has 2 N–H and O–H groups in total. The van der Waals surface area contributed by atoms with Crippen LogP contribution in [-0.2, 0) is 6.42 Å². The first kappa shape index (κ1) is 14.1. The second-order valence-corrected chi connectivity index (χ2v) is 5.34. The molecule has 1 aliphatic rings. The van der Waals surface area contributed by atoms with Crippen molar-refractivity contribution < 1.29 is 0 Å². The molecule has 0 bridgehead atoms. The Morgan fingerprint density at radius 1 is 1.05 bits per heavy atom. The maximum Gasteiger partial charge on any atom is 0.134 e. The number of rotatable bonds is 4. The van der Waals surface area contributed by atoms with Crippen LogP contribution in [0.2, 0.25) is 0 Å². The molecule has 1 aromatic heterocycles. The van der Waals surface area contributed by atoms with E-state index >= 15 is 0 Å². The lowest BCUT2D eigenvalue weighted by Gasteiger charge is -2.23. The number of aromatic nitrogens is 2. The maximum absolute atomic E-state index is 4.44. The average molecular weight is 262 g/mol. The first-order chi connectivity index (χ1) is 9.35. The van der Waals surface area contributed by atoms with Crippen molar-refractivity contribution in [2.45, 2.75) is 64.3 Å². The summed E-state index contributed by atoms with van der Waals surface area (Å²) in [4.78, 5) is 8.74. The molecule has 0 unspecified atom stereocenters. The molecule has 19 heavy (non-hydrogen) atoms. The van der Waals surface area contributed by atoms with Gasteiger partial charge in [-0.2, -0.15) is 0 Å². The maximum atomic E-state index is 4.44. The molecule has 1 heterocycles. The fourth-order valence-corrected chi connectivity index (χ4v) is 2.88. The molecule has 106 valence electrons. The smallest absolute Gasteiger partial charge is 0.134 e. The van der Waals surface area contributed by atoms with Gasteiger partial charge >= 0.3 is 0 Å². The number of hydrogen-bond acceptors (Lipinski definition) is 4. The first-order valence-corrected chi connectivity index (χ1v) is 7.63. The Morgan fingerprint density at radius 2 is 1.68 bits per heavy atom. The van der Waals surface area contributed by atoms with E-state index in [2.05, 4.69) is 27.5 Å². The van der Waals surface area contributed by atoms with Gasteiger partial charge in [-0.05, 0) is 19.3 Å². The van der Waals surface area contributed by atoms with Crippen molar-refractivity contribution in [1.29, 1.82) is 0 Å². The minimum Gasteiger partial charge on any atom is -0.373 e. The van der Waals surface area contributed by atoms with Gasteiger partial charge in [0.25, 0.3) is 0 Å². The number of nitrogens with one attached hydrogen (secondary N) is 2. The van der Waals surface area contributed by atoms with Crippen molar-refractivity contribution >= 4 is 11.6 Å². The highest BCUT2D eigenvalue weighted by molar-refractivity contribution is 5.57. The van der Waals surface area contributed by atoms with Crippen molar-refractivity contribution in [3.05, 3.63) is 11.9 Å². The van der Waals surface area contributed by atoms with Crippen molar-refractivity contribution in [3.63, 3.8) is 0 Å². The fourth-order valence-electron chi connectivity index (χ4n) is 2.88. The Labute approximate surface area is 116 Å². The van der Waals surface area contributed by atoms with Crippen LogP contribution in [0.5, 0.6) is 0 Å². The van der Waals surface area contributed by atoms with Crippen molar-refractivity contribution in [1.82, 2.24) is 9.97 Å². The van der Waals surface area contributed by atoms with Crippen LogP contribution in [-0.4, -0.2) is 23.1 Å². The van der Waals surface area contributed by atoms with Gasteiger partial charge in [0.1, 0.15) is 18.0 Å². The lowest BCUT2D eigenvalue weighted by atomic mass is 9.96. The quantitative estimate of drug-likeness (QED) is 0.870. The molecule has 0 aliphatic heterocycles. The predicted octanol–water partition coefficient (Wildman–Crippen LogP) is 3.61. The zero-order chi connectivity index (χ0) is 13.5. The zero-order valence-corrected chi connectivity index (χ0v) is 12.2. The monoisotopic (exact) mass is 262 g/mol. The minimum absolute atomic E-state index is 0.574. The largest absolute Gasteiger partial charge is 0.373 e. The van der Waals surface area contributed by atoms with Crippen LogP contribution < -0.4 is 10.6 Å². The summed E-state index contributed by atoms with van der Waals surface area (Å²) < 4.78 is 0. The minimum atomic E-state index is 0.574. The predicted molar refractivity (Wildman–Crippen MR) is 80.7 cm³/mol. The van der Waals surface area contributed by atoms with E-state index < -0.39 is 0 Å². The van der Waals surface area contributed by atoms with Crippen molar-refractivity contribution in [2.75, 3.05) is 17.7 Å². The first-order valence-electron chi connectivity index (χ1n) is 7.63. The molecule has 4 nitrogen and oxygen atoms in total. The molecule has 2 rings (SSSR count). The van der Waals surface area contributed by atoms with E-state index in [-0.39, 0.29) is 0 Å². The molecule has 1 saturated carbocycles. The lowest BCUT2D eigenvalue weighted by molar-refractivity contribution is 0.470. The standard InChI is InChI=1S/C15H26N4/c1-3-13-14(16-2)17-11-18-15(13)19-12-9-7-5-4-6-8-10-12/h11-12H,3-10H2,1-2H3,(H2,16,17,18,19). The van der Waals surface area contributed by atoms with Crippen LogP contribution >= 0.6 is 0 Å². The van der Waals surface area contributed by atoms with Gasteiger partial charge in [0.2, 0.25) is 0 Å². The van der Waals surface area contributed by atoms with Gasteiger partial charge in [0.15, 0.2) is 0 Å². The second kappa shape index (κ2) is 7.31. The summed E-state index contributed by atoms with van der Waals surface area (Å²) >= 11 is 0. The molecular formula is C15H26N4. The second-order valence-electron chi connectivity index (χ2n) is 5.34. The van der Waals surface area contributed by atoms with Gasteiger partial charge in [0, 0.05) is 18.7 Å². The Hall–Kier alpha value is -1.32. The zero-order valence-electron chi connectivity index (χ0n) is 12.2. The Morgan fingerprint density at radius 3 is 2.32 bits per heavy atom. The van der Waals surface area contributed by atoms with Crippen LogP contribution in [0.15, 0.2) is 6.33 Å². The SMILES string of the molecule is CCc1c(NC)ncnc1NC1CCCCCCC1. The summed E-state index contributed by atoms with van der Waals surface area (Å²) in [5.74, 6) is 1.97. The average Bonchev–Trinajstić information content (AvgIpc) is 2.41. The third-order valence-electron chi connectivity index (χ3n) is 3.98. The summed E-state index contributed by atoms with van der Waals surface area (Å²) in [6.45, 7) is 2.16. The highest BCUT2D eigenvalue weighted by atomic mass is 15.1. The Balaban J connectivity index is 2.08. The summed E-state index contributed by atoms with van der Waals surface area (Å²) in [5.41, 5.74) is 1.20. The fraction of sp³-hybridized carbons (Fsp3) is 0.733. The molecule has 4 heteroatoms. The van der Waals surface area contributed by atoms with Gasteiger partial charge < -0.3 is 10.6 Å². The molecule has 1 aromatic rings. The van der Waals surface area contributed by atoms with Crippen LogP contribution in [0.4, 0.5) is 11.6 Å². The van der Waals surface area contributed by atoms with Crippen LogP contribution in [0.1, 0.15) is 57.4 Å². The van der Waals surface area contributed by atoms with Crippen molar-refractivity contribution in [3.8, 4) is 0 Å². The van der Waals surface area contributed by atoms with Crippen LogP contribution in [0.25, 0.3) is 0 Å². The van der Waals surface area contributed by atoms with E-state index in [0.29, 0.717) is 6.04 Å². The highest BCUT2D eigenvalue weighted by Crippen LogP contribution is 2.24. The highest BCUT2D eigenvalue weighted by Gasteiger charge is 2.15. The normalized spacial score (nSPS) is 17.6. The van der Waals surface area contributed by atoms with Gasteiger partial charge in [-0.25, -0.2) is 9.97 Å². The van der Waals surface area contributed by atoms with Crippen LogP contribution in [0, 0.1) is 0 Å². The summed E-state index contributed by atoms with van der Waals surface area (Å²) in [6.07, 6.45) is 12.0. The molecular weight excluding hydrogens is 236 g/mol. The summed E-state index contributed by atoms with van der Waals surface area (Å²) in [5, 5.41) is 6.81. The molecule has 0 aromatic carbocycles. The number of hydrogen-bond donors (Lipinski definition) is 2. The number of anilines is 2. The molecule has 1 aliphatic carbocycles. The molecule has 0 atom stereocenters. The van der Waals surface area contributed by atoms with E-state index in [4.69, 9.17) is 0 Å². The van der Waals surface area contributed by atoms with E-state index in [1.54, 1.807) is 6.33 Å². The molecule has 1 fully saturated rings. The summed E-state index contributed by atoms with van der Waals surface area (Å²) in [7, 11) is 1.92. The van der Waals surface area contributed by atoms with E-state index in [9.17, 15) is 0 Å².